The molecule has 0 aliphatic rings. The van der Waals surface area contributed by atoms with Gasteiger partial charge in [0.25, 0.3) is 5.91 Å². The smallest absolute Gasteiger partial charge is 0.259 e. The summed E-state index contributed by atoms with van der Waals surface area (Å²) in [4.78, 5) is 12.1. The second-order valence-electron chi connectivity index (χ2n) is 4.13. The molecule has 2 rings (SSSR count). The van der Waals surface area contributed by atoms with Crippen molar-refractivity contribution < 1.29 is 9.90 Å². The van der Waals surface area contributed by atoms with E-state index >= 15 is 0 Å². The minimum atomic E-state index is -0.417. The lowest BCUT2D eigenvalue weighted by molar-refractivity contribution is 0.102. The summed E-state index contributed by atoms with van der Waals surface area (Å²) in [5.41, 5.74) is 1.56. The van der Waals surface area contributed by atoms with E-state index in [-0.39, 0.29) is 11.3 Å². The molecule has 0 heterocycles. The zero-order chi connectivity index (χ0) is 14.0. The van der Waals surface area contributed by atoms with Gasteiger partial charge in [-0.2, -0.15) is 0 Å². The van der Waals surface area contributed by atoms with E-state index in [2.05, 4.69) is 5.32 Å². The molecule has 0 aliphatic carbocycles. The van der Waals surface area contributed by atoms with E-state index < -0.39 is 5.91 Å². The fourth-order valence-electron chi connectivity index (χ4n) is 1.66. The molecular weight excluding hydrogens is 285 g/mol. The van der Waals surface area contributed by atoms with Gasteiger partial charge in [-0.05, 0) is 37.3 Å². The molecule has 2 aromatic rings. The second-order valence-corrected chi connectivity index (χ2v) is 5.01. The van der Waals surface area contributed by atoms with Gasteiger partial charge in [-0.3, -0.25) is 4.79 Å². The standard InChI is InChI=1S/C14H11Cl2NO2/c1-8-2-3-13(18)12(4-8)14(19)17-11-6-9(15)5-10(16)7-11/h2-7,18H,1H3,(H,17,19). The summed E-state index contributed by atoms with van der Waals surface area (Å²) in [6.07, 6.45) is 0. The molecule has 98 valence electrons. The highest BCUT2D eigenvalue weighted by atomic mass is 35.5. The maximum Gasteiger partial charge on any atom is 0.259 e. The van der Waals surface area contributed by atoms with E-state index in [1.165, 1.54) is 6.07 Å². The largest absolute Gasteiger partial charge is 0.507 e. The Morgan fingerprint density at radius 1 is 1.11 bits per heavy atom. The van der Waals surface area contributed by atoms with Crippen molar-refractivity contribution in [1.82, 2.24) is 0 Å². The number of halogens is 2. The first-order valence-corrected chi connectivity index (χ1v) is 6.28. The van der Waals surface area contributed by atoms with Crippen molar-refractivity contribution in [3.05, 3.63) is 57.6 Å². The predicted molar refractivity (Wildman–Crippen MR) is 77.3 cm³/mol. The normalized spacial score (nSPS) is 10.3. The van der Waals surface area contributed by atoms with Crippen LogP contribution in [0, 0.1) is 6.92 Å². The third-order valence-electron chi connectivity index (χ3n) is 2.52. The van der Waals surface area contributed by atoms with Gasteiger partial charge >= 0.3 is 0 Å². The molecule has 0 fully saturated rings. The second kappa shape index (κ2) is 5.51. The van der Waals surface area contributed by atoms with Crippen LogP contribution in [0.15, 0.2) is 36.4 Å². The Bertz CT molecular complexity index is 621. The highest BCUT2D eigenvalue weighted by Gasteiger charge is 2.12. The van der Waals surface area contributed by atoms with Gasteiger partial charge in [-0.15, -0.1) is 0 Å². The molecule has 0 aliphatic heterocycles. The molecule has 1 amide bonds. The van der Waals surface area contributed by atoms with E-state index in [1.54, 1.807) is 30.3 Å². The number of hydrogen-bond acceptors (Lipinski definition) is 2. The van der Waals surface area contributed by atoms with Gasteiger partial charge in [-0.25, -0.2) is 0 Å². The minimum absolute atomic E-state index is 0.0729. The number of aryl methyl sites for hydroxylation is 1. The quantitative estimate of drug-likeness (QED) is 0.870. The number of aromatic hydroxyl groups is 1. The fraction of sp³-hybridized carbons (Fsp3) is 0.0714. The van der Waals surface area contributed by atoms with E-state index in [0.29, 0.717) is 15.7 Å². The van der Waals surface area contributed by atoms with Crippen LogP contribution in [0.1, 0.15) is 15.9 Å². The lowest BCUT2D eigenvalue weighted by Crippen LogP contribution is -2.12. The Kier molecular flexibility index (Phi) is 3.98. The lowest BCUT2D eigenvalue weighted by atomic mass is 10.1. The average molecular weight is 296 g/mol. The molecule has 0 saturated heterocycles. The molecule has 0 atom stereocenters. The average Bonchev–Trinajstić information content (AvgIpc) is 2.30. The van der Waals surface area contributed by atoms with Crippen LogP contribution in [0.3, 0.4) is 0 Å². The number of hydrogen-bond donors (Lipinski definition) is 2. The van der Waals surface area contributed by atoms with Crippen LogP contribution in [0.4, 0.5) is 5.69 Å². The number of nitrogens with one attached hydrogen (secondary N) is 1. The number of phenolic OH excluding ortho intramolecular Hbond substituents is 1. The SMILES string of the molecule is Cc1ccc(O)c(C(=O)Nc2cc(Cl)cc(Cl)c2)c1. The van der Waals surface area contributed by atoms with E-state index in [0.717, 1.165) is 5.56 Å². The van der Waals surface area contributed by atoms with Gasteiger partial charge < -0.3 is 10.4 Å². The Balaban J connectivity index is 2.28. The molecule has 0 spiro atoms. The summed E-state index contributed by atoms with van der Waals surface area (Å²) < 4.78 is 0. The molecular formula is C14H11Cl2NO2. The van der Waals surface area contributed by atoms with Crippen LogP contribution in [-0.2, 0) is 0 Å². The van der Waals surface area contributed by atoms with E-state index in [9.17, 15) is 9.90 Å². The van der Waals surface area contributed by atoms with E-state index in [1.807, 2.05) is 6.92 Å². The fourth-order valence-corrected chi connectivity index (χ4v) is 2.18. The van der Waals surface area contributed by atoms with Crippen molar-refractivity contribution in [2.24, 2.45) is 0 Å². The molecule has 0 radical (unpaired) electrons. The number of carbonyl (C=O) groups is 1. The van der Waals surface area contributed by atoms with Crippen molar-refractivity contribution in [3.8, 4) is 5.75 Å². The molecule has 2 aromatic carbocycles. The van der Waals surface area contributed by atoms with Crippen LogP contribution in [0.25, 0.3) is 0 Å². The first-order valence-electron chi connectivity index (χ1n) is 5.53. The number of amides is 1. The van der Waals surface area contributed by atoms with Crippen molar-refractivity contribution in [2.75, 3.05) is 5.32 Å². The molecule has 0 bridgehead atoms. The van der Waals surface area contributed by atoms with Crippen LogP contribution in [0.2, 0.25) is 10.0 Å². The van der Waals surface area contributed by atoms with Crippen molar-refractivity contribution in [1.29, 1.82) is 0 Å². The Hall–Kier alpha value is -1.71. The lowest BCUT2D eigenvalue weighted by Gasteiger charge is -2.08. The van der Waals surface area contributed by atoms with Gasteiger partial charge in [0.15, 0.2) is 0 Å². The Morgan fingerprint density at radius 3 is 2.37 bits per heavy atom. The molecule has 3 nitrogen and oxygen atoms in total. The number of anilines is 1. The number of carbonyl (C=O) groups excluding carboxylic acids is 1. The zero-order valence-electron chi connectivity index (χ0n) is 10.1. The molecule has 0 saturated carbocycles. The van der Waals surface area contributed by atoms with Gasteiger partial charge in [0, 0.05) is 15.7 Å². The van der Waals surface area contributed by atoms with Crippen LogP contribution < -0.4 is 5.32 Å². The van der Waals surface area contributed by atoms with Crippen LogP contribution in [0.5, 0.6) is 5.75 Å². The van der Waals surface area contributed by atoms with Gasteiger partial charge in [0.2, 0.25) is 0 Å². The number of rotatable bonds is 2. The van der Waals surface area contributed by atoms with Gasteiger partial charge in [0.1, 0.15) is 5.75 Å². The maximum absolute atomic E-state index is 12.1. The first kappa shape index (κ1) is 13.7. The Labute approximate surface area is 120 Å². The third-order valence-corrected chi connectivity index (χ3v) is 2.95. The van der Waals surface area contributed by atoms with Crippen molar-refractivity contribution in [3.63, 3.8) is 0 Å². The van der Waals surface area contributed by atoms with Crippen molar-refractivity contribution in [2.45, 2.75) is 6.92 Å². The zero-order valence-corrected chi connectivity index (χ0v) is 11.6. The summed E-state index contributed by atoms with van der Waals surface area (Å²) in [6.45, 7) is 1.84. The molecule has 0 aromatic heterocycles. The number of phenols is 1. The molecule has 19 heavy (non-hydrogen) atoms. The minimum Gasteiger partial charge on any atom is -0.507 e. The third kappa shape index (κ3) is 3.40. The van der Waals surface area contributed by atoms with Crippen LogP contribution in [-0.4, -0.2) is 11.0 Å². The van der Waals surface area contributed by atoms with E-state index in [4.69, 9.17) is 23.2 Å². The topological polar surface area (TPSA) is 49.3 Å². The summed E-state index contributed by atoms with van der Waals surface area (Å²) in [6, 6.07) is 9.55. The van der Waals surface area contributed by atoms with Crippen molar-refractivity contribution >= 4 is 34.8 Å². The highest BCUT2D eigenvalue weighted by Crippen LogP contribution is 2.24. The first-order chi connectivity index (χ1) is 8.95. The summed E-state index contributed by atoms with van der Waals surface area (Å²) in [7, 11) is 0. The maximum atomic E-state index is 12.1. The van der Waals surface area contributed by atoms with Gasteiger partial charge in [0.05, 0.1) is 5.56 Å². The predicted octanol–water partition coefficient (Wildman–Crippen LogP) is 4.26. The van der Waals surface area contributed by atoms with Gasteiger partial charge in [-0.1, -0.05) is 34.8 Å². The molecule has 2 N–H and O–H groups in total. The summed E-state index contributed by atoms with van der Waals surface area (Å²) in [5, 5.41) is 13.2. The monoisotopic (exact) mass is 295 g/mol. The Morgan fingerprint density at radius 2 is 1.74 bits per heavy atom. The van der Waals surface area contributed by atoms with Crippen LogP contribution >= 0.6 is 23.2 Å². The molecule has 0 unspecified atom stereocenters. The summed E-state index contributed by atoms with van der Waals surface area (Å²) >= 11 is 11.7. The number of benzene rings is 2. The molecule has 5 heteroatoms. The summed E-state index contributed by atoms with van der Waals surface area (Å²) in [5.74, 6) is -0.490. The highest BCUT2D eigenvalue weighted by molar-refractivity contribution is 6.35.